The van der Waals surface area contributed by atoms with Crippen molar-refractivity contribution in [3.63, 3.8) is 0 Å². The third-order valence-corrected chi connectivity index (χ3v) is 6.94. The van der Waals surface area contributed by atoms with Gasteiger partial charge in [0.15, 0.2) is 0 Å². The van der Waals surface area contributed by atoms with Gasteiger partial charge in [0.1, 0.15) is 4.83 Å². The van der Waals surface area contributed by atoms with Gasteiger partial charge in [0.2, 0.25) is 0 Å². The molecule has 0 saturated carbocycles. The van der Waals surface area contributed by atoms with Gasteiger partial charge < -0.3 is 4.90 Å². The van der Waals surface area contributed by atoms with Crippen LogP contribution in [0.25, 0.3) is 21.1 Å². The van der Waals surface area contributed by atoms with Gasteiger partial charge >= 0.3 is 0 Å². The molecule has 1 aliphatic heterocycles. The van der Waals surface area contributed by atoms with Crippen LogP contribution in [0.1, 0.15) is 33.3 Å². The Kier molecular flexibility index (Phi) is 4.97. The lowest BCUT2D eigenvalue weighted by Gasteiger charge is -2.17. The summed E-state index contributed by atoms with van der Waals surface area (Å²) in [5.41, 5.74) is 3.31. The van der Waals surface area contributed by atoms with Crippen LogP contribution in [-0.4, -0.2) is 52.9 Å². The van der Waals surface area contributed by atoms with Crippen molar-refractivity contribution in [2.24, 2.45) is 0 Å². The zero-order chi connectivity index (χ0) is 20.7. The van der Waals surface area contributed by atoms with E-state index < -0.39 is 0 Å². The van der Waals surface area contributed by atoms with E-state index >= 15 is 0 Å². The van der Waals surface area contributed by atoms with Crippen LogP contribution in [0.2, 0.25) is 0 Å². The number of pyridine rings is 2. The molecule has 4 aromatic rings. The van der Waals surface area contributed by atoms with Crippen LogP contribution in [0.3, 0.4) is 0 Å². The number of nitrogens with zero attached hydrogens (tertiary/aromatic N) is 4. The zero-order valence-electron chi connectivity index (χ0n) is 17.2. The van der Waals surface area contributed by atoms with Crippen molar-refractivity contribution in [2.75, 3.05) is 27.2 Å². The van der Waals surface area contributed by atoms with Crippen LogP contribution in [0, 0.1) is 0 Å². The maximum Gasteiger partial charge on any atom is 0.263 e. The largest absolute Gasteiger partial charge is 0.344 e. The summed E-state index contributed by atoms with van der Waals surface area (Å²) in [7, 11) is 3.63. The normalized spacial score (nSPS) is 17.1. The highest BCUT2D eigenvalue weighted by atomic mass is 32.1. The second-order valence-electron chi connectivity index (χ2n) is 8.12. The number of hydrogen-bond donors (Lipinski definition) is 0. The Morgan fingerprint density at radius 3 is 2.90 bits per heavy atom. The van der Waals surface area contributed by atoms with Gasteiger partial charge in [-0.1, -0.05) is 30.3 Å². The van der Waals surface area contributed by atoms with Crippen molar-refractivity contribution in [3.8, 4) is 0 Å². The summed E-state index contributed by atoms with van der Waals surface area (Å²) in [5, 5.41) is 2.30. The van der Waals surface area contributed by atoms with Gasteiger partial charge in [-0.3, -0.25) is 14.7 Å². The van der Waals surface area contributed by atoms with Crippen molar-refractivity contribution >= 4 is 38.4 Å². The van der Waals surface area contributed by atoms with E-state index in [2.05, 4.69) is 40.2 Å². The molecule has 0 spiro atoms. The summed E-state index contributed by atoms with van der Waals surface area (Å²) in [5.74, 6) is 0.407. The molecule has 4 heterocycles. The molecule has 1 atom stereocenters. The Hall–Kier alpha value is -2.83. The number of hydrogen-bond acceptors (Lipinski definition) is 5. The molecular formula is C24H24N4OS. The summed E-state index contributed by atoms with van der Waals surface area (Å²) in [6.45, 7) is 2.77. The first-order valence-corrected chi connectivity index (χ1v) is 11.1. The summed E-state index contributed by atoms with van der Waals surface area (Å²) in [4.78, 5) is 28.1. The lowest BCUT2D eigenvalue weighted by molar-refractivity contribution is 0.0831. The van der Waals surface area contributed by atoms with Crippen molar-refractivity contribution in [1.29, 1.82) is 0 Å². The van der Waals surface area contributed by atoms with Gasteiger partial charge in [-0.05, 0) is 36.7 Å². The van der Waals surface area contributed by atoms with E-state index in [-0.39, 0.29) is 5.91 Å². The first kappa shape index (κ1) is 19.2. The van der Waals surface area contributed by atoms with Gasteiger partial charge in [-0.15, -0.1) is 11.3 Å². The molecule has 1 fully saturated rings. The van der Waals surface area contributed by atoms with Crippen molar-refractivity contribution in [3.05, 3.63) is 70.9 Å². The molecule has 6 heteroatoms. The second-order valence-corrected chi connectivity index (χ2v) is 9.12. The van der Waals surface area contributed by atoms with Crippen molar-refractivity contribution in [2.45, 2.75) is 18.9 Å². The molecule has 30 heavy (non-hydrogen) atoms. The molecule has 0 bridgehead atoms. The van der Waals surface area contributed by atoms with Crippen LogP contribution in [0.4, 0.5) is 0 Å². The summed E-state index contributed by atoms with van der Waals surface area (Å²) >= 11 is 1.52. The van der Waals surface area contributed by atoms with Gasteiger partial charge in [0.25, 0.3) is 5.91 Å². The number of amides is 1. The van der Waals surface area contributed by atoms with Gasteiger partial charge in [0.05, 0.1) is 16.1 Å². The molecule has 5 nitrogen and oxygen atoms in total. The van der Waals surface area contributed by atoms with E-state index in [0.29, 0.717) is 5.92 Å². The number of likely N-dealkylation sites (tertiary alicyclic amines) is 1. The minimum atomic E-state index is 0.0719. The number of para-hydroxylation sites is 1. The molecule has 0 radical (unpaired) electrons. The molecule has 152 valence electrons. The zero-order valence-corrected chi connectivity index (χ0v) is 18.0. The molecule has 3 aromatic heterocycles. The average Bonchev–Trinajstić information content (AvgIpc) is 3.37. The number of fused-ring (bicyclic) bond motifs is 2. The smallest absolute Gasteiger partial charge is 0.263 e. The van der Waals surface area contributed by atoms with Crippen LogP contribution >= 0.6 is 11.3 Å². The fourth-order valence-electron chi connectivity index (χ4n) is 4.36. The molecule has 0 aliphatic carbocycles. The summed E-state index contributed by atoms with van der Waals surface area (Å²) in [6.07, 6.45) is 2.85. The van der Waals surface area contributed by atoms with E-state index in [4.69, 9.17) is 4.98 Å². The minimum Gasteiger partial charge on any atom is -0.344 e. The maximum atomic E-state index is 12.9. The van der Waals surface area contributed by atoms with E-state index in [9.17, 15) is 4.79 Å². The first-order valence-electron chi connectivity index (χ1n) is 10.3. The second kappa shape index (κ2) is 7.78. The third kappa shape index (κ3) is 3.46. The van der Waals surface area contributed by atoms with Crippen molar-refractivity contribution in [1.82, 2.24) is 19.8 Å². The van der Waals surface area contributed by atoms with Crippen molar-refractivity contribution < 1.29 is 4.79 Å². The predicted molar refractivity (Wildman–Crippen MR) is 122 cm³/mol. The number of rotatable bonds is 4. The molecule has 1 aromatic carbocycles. The molecular weight excluding hydrogens is 392 g/mol. The SMILES string of the molecule is CN(C)C(=O)c1sc2ncccc2c1[C@H]1CCN(Cc2ccc3ccccc3n2)C1. The fourth-order valence-corrected chi connectivity index (χ4v) is 5.61. The third-order valence-electron chi connectivity index (χ3n) is 5.83. The highest BCUT2D eigenvalue weighted by molar-refractivity contribution is 7.20. The lowest BCUT2D eigenvalue weighted by Crippen LogP contribution is -2.23. The standard InChI is InChI=1S/C24H24N4OS/c1-27(2)24(29)22-21(19-7-5-12-25-23(19)30-22)17-11-13-28(14-17)15-18-10-9-16-6-3-4-8-20(16)26-18/h3-10,12,17H,11,13-15H2,1-2H3/t17-/m0/s1. The number of benzene rings is 1. The summed E-state index contributed by atoms with van der Waals surface area (Å²) < 4.78 is 0. The minimum absolute atomic E-state index is 0.0719. The lowest BCUT2D eigenvalue weighted by atomic mass is 9.95. The van der Waals surface area contributed by atoms with Gasteiger partial charge in [0, 0.05) is 50.1 Å². The number of aromatic nitrogens is 2. The maximum absolute atomic E-state index is 12.9. The molecule has 1 aliphatic rings. The number of thiophene rings is 1. The Morgan fingerprint density at radius 2 is 2.03 bits per heavy atom. The van der Waals surface area contributed by atoms with Gasteiger partial charge in [-0.25, -0.2) is 4.98 Å². The van der Waals surface area contributed by atoms with Crippen LogP contribution in [-0.2, 0) is 6.54 Å². The first-order chi connectivity index (χ1) is 14.6. The monoisotopic (exact) mass is 416 g/mol. The highest BCUT2D eigenvalue weighted by Gasteiger charge is 2.31. The Labute approximate surface area is 180 Å². The molecule has 0 unspecified atom stereocenters. The van der Waals surface area contributed by atoms with E-state index in [1.807, 2.05) is 32.3 Å². The predicted octanol–water partition coefficient (Wildman–Crippen LogP) is 4.54. The quantitative estimate of drug-likeness (QED) is 0.490. The highest BCUT2D eigenvalue weighted by Crippen LogP contribution is 2.40. The van der Waals surface area contributed by atoms with E-state index in [1.165, 1.54) is 22.3 Å². The fraction of sp³-hybridized carbons (Fsp3) is 0.292. The topological polar surface area (TPSA) is 49.3 Å². The number of carbonyl (C=O) groups is 1. The van der Waals surface area contributed by atoms with E-state index in [0.717, 1.165) is 52.4 Å². The molecule has 1 amide bonds. The Balaban J connectivity index is 1.42. The van der Waals surface area contributed by atoms with Crippen LogP contribution in [0.5, 0.6) is 0 Å². The van der Waals surface area contributed by atoms with Crippen LogP contribution < -0.4 is 0 Å². The average molecular weight is 417 g/mol. The Morgan fingerprint density at radius 1 is 1.17 bits per heavy atom. The van der Waals surface area contributed by atoms with Crippen LogP contribution in [0.15, 0.2) is 54.7 Å². The molecule has 0 N–H and O–H groups in total. The molecule has 1 saturated heterocycles. The molecule has 5 rings (SSSR count). The number of carbonyl (C=O) groups excluding carboxylic acids is 1. The van der Waals surface area contributed by atoms with E-state index in [1.54, 1.807) is 11.1 Å². The Bertz CT molecular complexity index is 1230. The van der Waals surface area contributed by atoms with Gasteiger partial charge in [-0.2, -0.15) is 0 Å². The summed E-state index contributed by atoms with van der Waals surface area (Å²) in [6, 6.07) is 16.6.